The lowest BCUT2D eigenvalue weighted by Crippen LogP contribution is -2.37. The SMILES string of the molecule is CN=C(NCCc1ccc(C(F)(F)F)cc1)NCc1ccc(OC)nc1.I. The van der Waals surface area contributed by atoms with Gasteiger partial charge in [0.05, 0.1) is 12.7 Å². The van der Waals surface area contributed by atoms with Crippen LogP contribution in [0.1, 0.15) is 16.7 Å². The van der Waals surface area contributed by atoms with E-state index in [0.29, 0.717) is 31.3 Å². The molecule has 0 saturated carbocycles. The van der Waals surface area contributed by atoms with Crippen molar-refractivity contribution in [3.8, 4) is 5.88 Å². The van der Waals surface area contributed by atoms with E-state index < -0.39 is 11.7 Å². The molecule has 0 unspecified atom stereocenters. The van der Waals surface area contributed by atoms with E-state index in [0.717, 1.165) is 23.3 Å². The molecule has 0 radical (unpaired) electrons. The maximum atomic E-state index is 12.5. The highest BCUT2D eigenvalue weighted by molar-refractivity contribution is 14.0. The molecule has 0 atom stereocenters. The second-order valence-electron chi connectivity index (χ2n) is 5.51. The van der Waals surface area contributed by atoms with Gasteiger partial charge >= 0.3 is 6.18 Å². The molecule has 9 heteroatoms. The first-order valence-corrected chi connectivity index (χ1v) is 8.02. The zero-order chi connectivity index (χ0) is 19.0. The standard InChI is InChI=1S/C18H21F3N4O.HI/c1-22-17(25-12-14-5-8-16(26-2)24-11-14)23-10-9-13-3-6-15(7-4-13)18(19,20)21;/h3-8,11H,9-10,12H2,1-2H3,(H2,22,23,25);1H. The largest absolute Gasteiger partial charge is 0.481 e. The van der Waals surface area contributed by atoms with Gasteiger partial charge in [0.25, 0.3) is 0 Å². The fourth-order valence-electron chi connectivity index (χ4n) is 2.23. The summed E-state index contributed by atoms with van der Waals surface area (Å²) in [5.74, 6) is 1.15. The number of guanidine groups is 1. The van der Waals surface area contributed by atoms with Crippen LogP contribution in [-0.4, -0.2) is 31.6 Å². The Morgan fingerprint density at radius 1 is 1.07 bits per heavy atom. The number of methoxy groups -OCH3 is 1. The van der Waals surface area contributed by atoms with Gasteiger partial charge in [-0.2, -0.15) is 13.2 Å². The molecule has 0 aliphatic carbocycles. The monoisotopic (exact) mass is 494 g/mol. The van der Waals surface area contributed by atoms with Gasteiger partial charge in [0.2, 0.25) is 5.88 Å². The molecule has 2 rings (SSSR count). The van der Waals surface area contributed by atoms with Gasteiger partial charge in [0.1, 0.15) is 0 Å². The molecule has 0 amide bonds. The zero-order valence-electron chi connectivity index (χ0n) is 15.0. The number of nitrogens with zero attached hydrogens (tertiary/aromatic N) is 2. The van der Waals surface area contributed by atoms with Gasteiger partial charge in [-0.05, 0) is 29.7 Å². The molecule has 0 bridgehead atoms. The van der Waals surface area contributed by atoms with Crippen molar-refractivity contribution in [1.82, 2.24) is 15.6 Å². The number of aliphatic imine (C=N–C) groups is 1. The number of rotatable bonds is 6. The average Bonchev–Trinajstić information content (AvgIpc) is 2.64. The van der Waals surface area contributed by atoms with Gasteiger partial charge in [-0.1, -0.05) is 18.2 Å². The molecule has 148 valence electrons. The highest BCUT2D eigenvalue weighted by Gasteiger charge is 2.29. The molecule has 1 aromatic heterocycles. The lowest BCUT2D eigenvalue weighted by Gasteiger charge is -2.12. The minimum Gasteiger partial charge on any atom is -0.481 e. The molecule has 5 nitrogen and oxygen atoms in total. The number of hydrogen-bond donors (Lipinski definition) is 2. The first-order chi connectivity index (χ1) is 12.4. The van der Waals surface area contributed by atoms with Gasteiger partial charge in [0.15, 0.2) is 5.96 Å². The number of alkyl halides is 3. The Balaban J connectivity index is 0.00000364. The lowest BCUT2D eigenvalue weighted by atomic mass is 10.1. The average molecular weight is 494 g/mol. The summed E-state index contributed by atoms with van der Waals surface area (Å²) in [5.41, 5.74) is 1.15. The van der Waals surface area contributed by atoms with Crippen LogP contribution in [0.3, 0.4) is 0 Å². The number of ether oxygens (including phenoxy) is 1. The van der Waals surface area contributed by atoms with E-state index in [4.69, 9.17) is 4.74 Å². The number of benzene rings is 1. The molecule has 1 heterocycles. The summed E-state index contributed by atoms with van der Waals surface area (Å²) in [5, 5.41) is 6.27. The summed E-state index contributed by atoms with van der Waals surface area (Å²) in [6.07, 6.45) is -2.01. The summed E-state index contributed by atoms with van der Waals surface area (Å²) in [7, 11) is 3.21. The van der Waals surface area contributed by atoms with Crippen LogP contribution in [0.25, 0.3) is 0 Å². The summed E-state index contributed by atoms with van der Waals surface area (Å²) in [6.45, 7) is 1.09. The molecule has 27 heavy (non-hydrogen) atoms. The van der Waals surface area contributed by atoms with Crippen molar-refractivity contribution in [2.75, 3.05) is 20.7 Å². The smallest absolute Gasteiger partial charge is 0.416 e. The highest BCUT2D eigenvalue weighted by Crippen LogP contribution is 2.29. The summed E-state index contributed by atoms with van der Waals surface area (Å²) >= 11 is 0. The van der Waals surface area contributed by atoms with Crippen LogP contribution in [0.15, 0.2) is 47.6 Å². The maximum Gasteiger partial charge on any atom is 0.416 e. The van der Waals surface area contributed by atoms with E-state index in [1.165, 1.54) is 12.1 Å². The molecule has 0 fully saturated rings. The van der Waals surface area contributed by atoms with Gasteiger partial charge in [-0.25, -0.2) is 4.98 Å². The Bertz CT molecular complexity index is 719. The van der Waals surface area contributed by atoms with Crippen molar-refractivity contribution in [2.45, 2.75) is 19.1 Å². The third-order valence-electron chi connectivity index (χ3n) is 3.68. The molecule has 2 aromatic rings. The molecule has 1 aromatic carbocycles. The van der Waals surface area contributed by atoms with Crippen molar-refractivity contribution < 1.29 is 17.9 Å². The Kier molecular flexibility index (Phi) is 9.33. The second kappa shape index (κ2) is 11.0. The molecular weight excluding hydrogens is 472 g/mol. The van der Waals surface area contributed by atoms with E-state index in [-0.39, 0.29) is 24.0 Å². The quantitative estimate of drug-likeness (QED) is 0.366. The van der Waals surface area contributed by atoms with E-state index in [1.54, 1.807) is 26.4 Å². The van der Waals surface area contributed by atoms with E-state index in [1.807, 2.05) is 6.07 Å². The van der Waals surface area contributed by atoms with Crippen LogP contribution < -0.4 is 15.4 Å². The first-order valence-electron chi connectivity index (χ1n) is 8.02. The maximum absolute atomic E-state index is 12.5. The minimum absolute atomic E-state index is 0. The first kappa shape index (κ1) is 23.0. The number of aromatic nitrogens is 1. The zero-order valence-corrected chi connectivity index (χ0v) is 17.3. The second-order valence-corrected chi connectivity index (χ2v) is 5.51. The lowest BCUT2D eigenvalue weighted by molar-refractivity contribution is -0.137. The van der Waals surface area contributed by atoms with Crippen LogP contribution in [0.2, 0.25) is 0 Å². The van der Waals surface area contributed by atoms with Crippen LogP contribution in [0.4, 0.5) is 13.2 Å². The minimum atomic E-state index is -4.31. The Morgan fingerprint density at radius 3 is 2.26 bits per heavy atom. The Labute approximate surface area is 173 Å². The van der Waals surface area contributed by atoms with Gasteiger partial charge < -0.3 is 15.4 Å². The van der Waals surface area contributed by atoms with Crippen molar-refractivity contribution >= 4 is 29.9 Å². The summed E-state index contributed by atoms with van der Waals surface area (Å²) < 4.78 is 42.6. The molecule has 0 saturated heterocycles. The van der Waals surface area contributed by atoms with Gasteiger partial charge in [0, 0.05) is 32.4 Å². The number of hydrogen-bond acceptors (Lipinski definition) is 3. The van der Waals surface area contributed by atoms with E-state index in [9.17, 15) is 13.2 Å². The number of pyridine rings is 1. The van der Waals surface area contributed by atoms with Crippen molar-refractivity contribution in [3.05, 3.63) is 59.3 Å². The number of halogens is 4. The molecule has 0 aliphatic rings. The number of nitrogens with one attached hydrogen (secondary N) is 2. The molecule has 2 N–H and O–H groups in total. The highest BCUT2D eigenvalue weighted by atomic mass is 127. The third kappa shape index (κ3) is 7.61. The van der Waals surface area contributed by atoms with Gasteiger partial charge in [-0.3, -0.25) is 4.99 Å². The van der Waals surface area contributed by atoms with Crippen LogP contribution in [-0.2, 0) is 19.1 Å². The van der Waals surface area contributed by atoms with Crippen LogP contribution in [0, 0.1) is 0 Å². The molecule has 0 aliphatic heterocycles. The molecule has 0 spiro atoms. The molecular formula is C18H22F3IN4O. The summed E-state index contributed by atoms with van der Waals surface area (Å²) in [6, 6.07) is 8.84. The predicted octanol–water partition coefficient (Wildman–Crippen LogP) is 3.63. The topological polar surface area (TPSA) is 58.5 Å². The van der Waals surface area contributed by atoms with Gasteiger partial charge in [-0.15, -0.1) is 24.0 Å². The third-order valence-corrected chi connectivity index (χ3v) is 3.68. The van der Waals surface area contributed by atoms with E-state index in [2.05, 4.69) is 20.6 Å². The fourth-order valence-corrected chi connectivity index (χ4v) is 2.23. The van der Waals surface area contributed by atoms with E-state index >= 15 is 0 Å². The van der Waals surface area contributed by atoms with Crippen molar-refractivity contribution in [1.29, 1.82) is 0 Å². The van der Waals surface area contributed by atoms with Crippen molar-refractivity contribution in [3.63, 3.8) is 0 Å². The van der Waals surface area contributed by atoms with Crippen LogP contribution in [0.5, 0.6) is 5.88 Å². The predicted molar refractivity (Wildman–Crippen MR) is 110 cm³/mol. The Morgan fingerprint density at radius 2 is 1.74 bits per heavy atom. The normalized spacial score (nSPS) is 11.5. The van der Waals surface area contributed by atoms with Crippen LogP contribution >= 0.6 is 24.0 Å². The Hall–Kier alpha value is -2.04. The fraction of sp³-hybridized carbons (Fsp3) is 0.333. The summed E-state index contributed by atoms with van der Waals surface area (Å²) in [4.78, 5) is 8.24. The van der Waals surface area contributed by atoms with Crippen molar-refractivity contribution in [2.24, 2.45) is 4.99 Å².